The average Bonchev–Trinajstić information content (AvgIpc) is 3.63. The minimum absolute atomic E-state index is 0.0807. The number of nitrogens with one attached hydrogen (secondary N) is 1. The number of hydrogen-bond acceptors (Lipinski definition) is 2. The average molecular weight is 682 g/mol. The monoisotopic (exact) mass is 681 g/mol. The maximum atomic E-state index is 4.85. The summed E-state index contributed by atoms with van der Waals surface area (Å²) in [5, 5.41) is 3.76. The number of imidazole rings is 1. The Hall–Kier alpha value is -6.71. The van der Waals surface area contributed by atoms with Crippen molar-refractivity contribution in [1.29, 1.82) is 0 Å². The molecular weight excluding hydrogens is 643 g/mol. The Morgan fingerprint density at radius 1 is 0.509 bits per heavy atom. The van der Waals surface area contributed by atoms with Crippen molar-refractivity contribution in [3.05, 3.63) is 217 Å². The summed E-state index contributed by atoms with van der Waals surface area (Å²) in [6, 6.07) is 65.2. The van der Waals surface area contributed by atoms with Gasteiger partial charge in [-0.1, -0.05) is 159 Å². The van der Waals surface area contributed by atoms with Crippen molar-refractivity contribution >= 4 is 22.3 Å². The molecule has 3 nitrogen and oxygen atoms in total. The smallest absolute Gasteiger partial charge is 0.114 e. The second kappa shape index (κ2) is 14.1. The third kappa shape index (κ3) is 6.50. The molecule has 53 heavy (non-hydrogen) atoms. The Kier molecular flexibility index (Phi) is 8.59. The summed E-state index contributed by atoms with van der Waals surface area (Å²) in [6.07, 6.45) is 5.50. The molecular formula is C50H39N3. The quantitative estimate of drug-likeness (QED) is 0.173. The number of hydrogen-bond donors (Lipinski definition) is 1. The highest BCUT2D eigenvalue weighted by Crippen LogP contribution is 2.34. The highest BCUT2D eigenvalue weighted by atomic mass is 15.1. The predicted molar refractivity (Wildman–Crippen MR) is 221 cm³/mol. The summed E-state index contributed by atoms with van der Waals surface area (Å²) in [6.45, 7) is 2.16. The molecule has 7 aromatic carbocycles. The van der Waals surface area contributed by atoms with E-state index >= 15 is 0 Å². The topological polar surface area (TPSA) is 29.9 Å². The van der Waals surface area contributed by atoms with Crippen LogP contribution in [0.3, 0.4) is 0 Å². The van der Waals surface area contributed by atoms with Crippen LogP contribution in [0.5, 0.6) is 0 Å². The molecule has 0 radical (unpaired) electrons. The minimum atomic E-state index is 0.0807. The van der Waals surface area contributed by atoms with E-state index in [-0.39, 0.29) is 6.04 Å². The third-order valence-electron chi connectivity index (χ3n) is 10.2. The van der Waals surface area contributed by atoms with Crippen molar-refractivity contribution < 1.29 is 0 Å². The second-order valence-corrected chi connectivity index (χ2v) is 13.6. The van der Waals surface area contributed by atoms with Crippen LogP contribution in [0.15, 0.2) is 194 Å². The zero-order chi connectivity index (χ0) is 35.6. The molecule has 0 fully saturated rings. The van der Waals surface area contributed by atoms with E-state index in [1.54, 1.807) is 0 Å². The first-order chi connectivity index (χ1) is 26.2. The van der Waals surface area contributed by atoms with E-state index < -0.39 is 0 Å². The molecule has 1 unspecified atom stereocenters. The van der Waals surface area contributed by atoms with Crippen molar-refractivity contribution in [3.63, 3.8) is 0 Å². The fourth-order valence-corrected chi connectivity index (χ4v) is 7.43. The maximum Gasteiger partial charge on any atom is 0.114 e. The maximum absolute atomic E-state index is 4.85. The molecule has 1 N–H and O–H groups in total. The van der Waals surface area contributed by atoms with E-state index in [9.17, 15) is 0 Å². The molecule has 0 bridgehead atoms. The first-order valence-electron chi connectivity index (χ1n) is 18.4. The van der Waals surface area contributed by atoms with Crippen LogP contribution in [0.1, 0.15) is 35.5 Å². The van der Waals surface area contributed by atoms with Crippen molar-refractivity contribution in [2.24, 2.45) is 0 Å². The van der Waals surface area contributed by atoms with Crippen molar-refractivity contribution in [2.45, 2.75) is 19.4 Å². The second-order valence-electron chi connectivity index (χ2n) is 13.6. The van der Waals surface area contributed by atoms with Gasteiger partial charge in [-0.05, 0) is 98.1 Å². The van der Waals surface area contributed by atoms with Crippen molar-refractivity contribution in [1.82, 2.24) is 14.9 Å². The Morgan fingerprint density at radius 2 is 1.04 bits per heavy atom. The first kappa shape index (κ1) is 32.2. The van der Waals surface area contributed by atoms with Gasteiger partial charge in [-0.15, -0.1) is 0 Å². The largest absolute Gasteiger partial charge is 0.374 e. The zero-order valence-corrected chi connectivity index (χ0v) is 29.7. The van der Waals surface area contributed by atoms with E-state index in [0.717, 1.165) is 34.7 Å². The SMILES string of the molecule is CCc1nc2ccccc2n1-c1ccc(-c2ccc(-c3ccc(-c4cccc(C5=CC(c6ccccc6)NC(c6ccccc6)=C5)c4)cc3)cc2)cc1. The summed E-state index contributed by atoms with van der Waals surface area (Å²) in [7, 11) is 0. The highest BCUT2D eigenvalue weighted by Gasteiger charge is 2.18. The number of fused-ring (bicyclic) bond motifs is 1. The number of aryl methyl sites for hydroxylation is 1. The first-order valence-corrected chi connectivity index (χ1v) is 18.4. The Morgan fingerprint density at radius 3 is 1.68 bits per heavy atom. The molecule has 254 valence electrons. The van der Waals surface area contributed by atoms with Gasteiger partial charge in [-0.3, -0.25) is 4.57 Å². The highest BCUT2D eigenvalue weighted by molar-refractivity contribution is 5.87. The third-order valence-corrected chi connectivity index (χ3v) is 10.2. The molecule has 0 amide bonds. The van der Waals surface area contributed by atoms with Crippen LogP contribution < -0.4 is 5.32 Å². The molecule has 8 aromatic rings. The molecule has 1 aliphatic rings. The lowest BCUT2D eigenvalue weighted by atomic mass is 9.91. The lowest BCUT2D eigenvalue weighted by molar-refractivity contribution is 0.767. The predicted octanol–water partition coefficient (Wildman–Crippen LogP) is 12.4. The van der Waals surface area contributed by atoms with Gasteiger partial charge in [0.1, 0.15) is 5.82 Å². The fraction of sp³-hybridized carbons (Fsp3) is 0.0600. The van der Waals surface area contributed by atoms with Crippen LogP contribution in [0.4, 0.5) is 0 Å². The molecule has 0 spiro atoms. The number of para-hydroxylation sites is 2. The van der Waals surface area contributed by atoms with Gasteiger partial charge >= 0.3 is 0 Å². The number of nitrogens with zero attached hydrogens (tertiary/aromatic N) is 2. The van der Waals surface area contributed by atoms with E-state index in [1.165, 1.54) is 55.6 Å². The van der Waals surface area contributed by atoms with Gasteiger partial charge in [0.25, 0.3) is 0 Å². The minimum Gasteiger partial charge on any atom is -0.374 e. The van der Waals surface area contributed by atoms with Gasteiger partial charge in [-0.2, -0.15) is 0 Å². The summed E-state index contributed by atoms with van der Waals surface area (Å²) >= 11 is 0. The molecule has 0 saturated heterocycles. The Balaban J connectivity index is 0.946. The lowest BCUT2D eigenvalue weighted by Gasteiger charge is -2.26. The number of aromatic nitrogens is 2. The normalized spacial score (nSPS) is 14.0. The summed E-state index contributed by atoms with van der Waals surface area (Å²) in [4.78, 5) is 4.85. The van der Waals surface area contributed by atoms with E-state index in [0.29, 0.717) is 0 Å². The summed E-state index contributed by atoms with van der Waals surface area (Å²) < 4.78 is 2.27. The van der Waals surface area contributed by atoms with Gasteiger partial charge in [0, 0.05) is 17.8 Å². The number of rotatable bonds is 8. The molecule has 1 atom stereocenters. The van der Waals surface area contributed by atoms with Gasteiger partial charge in [-0.25, -0.2) is 4.98 Å². The number of benzene rings is 7. The molecule has 0 aliphatic carbocycles. The standard InChI is InChI=1S/C50H39N3/c1-2-50-52-46-18-9-10-19-49(46)53(50)45-30-28-38(29-31-45)37-22-20-35(21-23-37)36-24-26-39(27-25-36)42-16-11-17-43(32-42)44-33-47(40-12-5-3-6-13-40)51-48(34-44)41-14-7-4-8-15-41/h3-34,47,51H,2H2,1H3. The zero-order valence-electron chi connectivity index (χ0n) is 29.7. The fourth-order valence-electron chi connectivity index (χ4n) is 7.43. The van der Waals surface area contributed by atoms with Crippen LogP contribution in [-0.2, 0) is 6.42 Å². The Bertz CT molecular complexity index is 2580. The van der Waals surface area contributed by atoms with Gasteiger partial charge in [0.15, 0.2) is 0 Å². The van der Waals surface area contributed by atoms with Crippen LogP contribution in [0.25, 0.3) is 61.4 Å². The van der Waals surface area contributed by atoms with E-state index in [2.05, 4.69) is 205 Å². The van der Waals surface area contributed by atoms with Gasteiger partial charge in [0.05, 0.1) is 17.1 Å². The molecule has 9 rings (SSSR count). The van der Waals surface area contributed by atoms with Crippen molar-refractivity contribution in [2.75, 3.05) is 0 Å². The molecule has 1 aromatic heterocycles. The van der Waals surface area contributed by atoms with Crippen LogP contribution in [-0.4, -0.2) is 9.55 Å². The Labute approximate surface area is 311 Å². The summed E-state index contributed by atoms with van der Waals surface area (Å²) in [5.41, 5.74) is 16.5. The van der Waals surface area contributed by atoms with E-state index in [4.69, 9.17) is 4.98 Å². The van der Waals surface area contributed by atoms with Crippen LogP contribution in [0.2, 0.25) is 0 Å². The van der Waals surface area contributed by atoms with Crippen LogP contribution >= 0.6 is 0 Å². The van der Waals surface area contributed by atoms with E-state index in [1.807, 2.05) is 6.07 Å². The van der Waals surface area contributed by atoms with Gasteiger partial charge in [0.2, 0.25) is 0 Å². The molecule has 1 aliphatic heterocycles. The summed E-state index contributed by atoms with van der Waals surface area (Å²) in [5.74, 6) is 1.08. The molecule has 3 heteroatoms. The number of allylic oxidation sites excluding steroid dienone is 2. The van der Waals surface area contributed by atoms with Crippen molar-refractivity contribution in [3.8, 4) is 39.1 Å². The molecule has 0 saturated carbocycles. The number of dihydropyridines is 1. The van der Waals surface area contributed by atoms with Crippen LogP contribution in [0, 0.1) is 0 Å². The lowest BCUT2D eigenvalue weighted by Crippen LogP contribution is -2.21. The molecule has 2 heterocycles. The van der Waals surface area contributed by atoms with Gasteiger partial charge < -0.3 is 5.32 Å².